The van der Waals surface area contributed by atoms with Crippen molar-refractivity contribution in [3.8, 4) is 11.3 Å². The number of nitrogens with zero attached hydrogens (tertiary/aromatic N) is 1. The zero-order valence-electron chi connectivity index (χ0n) is 17.9. The van der Waals surface area contributed by atoms with E-state index < -0.39 is 0 Å². The first-order chi connectivity index (χ1) is 15.8. The number of H-pyrrole nitrogens is 1. The number of allylic oxidation sites excluding steroid dienone is 1. The number of hydrogen-bond donors (Lipinski definition) is 1. The van der Waals surface area contributed by atoms with E-state index in [-0.39, 0.29) is 0 Å². The number of hydrogen-bond acceptors (Lipinski definition) is 0. The van der Waals surface area contributed by atoms with Gasteiger partial charge in [0.15, 0.2) is 0 Å². The minimum Gasteiger partial charge on any atom is -0.354 e. The van der Waals surface area contributed by atoms with Crippen molar-refractivity contribution in [2.24, 2.45) is 0 Å². The van der Waals surface area contributed by atoms with Gasteiger partial charge < -0.3 is 4.98 Å². The van der Waals surface area contributed by atoms with Gasteiger partial charge in [0.05, 0.1) is 16.8 Å². The molecule has 4 aromatic carbocycles. The summed E-state index contributed by atoms with van der Waals surface area (Å²) in [5.74, 6) is 0. The summed E-state index contributed by atoms with van der Waals surface area (Å²) in [7, 11) is 2.16. The molecule has 5 aromatic rings. The molecule has 2 heterocycles. The predicted molar refractivity (Wildman–Crippen MR) is 134 cm³/mol. The number of rotatable bonds is 3. The van der Waals surface area contributed by atoms with Crippen LogP contribution in [0.2, 0.25) is 0 Å². The first kappa shape index (κ1) is 18.6. The second-order valence-corrected chi connectivity index (χ2v) is 8.17. The van der Waals surface area contributed by atoms with Gasteiger partial charge in [0.2, 0.25) is 11.4 Å². The molecule has 2 nitrogen and oxygen atoms in total. The highest BCUT2D eigenvalue weighted by Crippen LogP contribution is 2.40. The molecule has 152 valence electrons. The highest BCUT2D eigenvalue weighted by atomic mass is 15.0. The van der Waals surface area contributed by atoms with Gasteiger partial charge in [0.1, 0.15) is 7.05 Å². The summed E-state index contributed by atoms with van der Waals surface area (Å²) in [5.41, 5.74) is 10.9. The average Bonchev–Trinajstić information content (AvgIpc) is 3.36. The second-order valence-electron chi connectivity index (χ2n) is 8.17. The zero-order chi connectivity index (χ0) is 21.5. The van der Waals surface area contributed by atoms with Gasteiger partial charge in [-0.05, 0) is 35.9 Å². The molecule has 0 spiro atoms. The Hall–Kier alpha value is -4.17. The van der Waals surface area contributed by atoms with E-state index in [0.29, 0.717) is 0 Å². The fourth-order valence-corrected chi connectivity index (χ4v) is 4.80. The molecule has 6 rings (SSSR count). The molecule has 0 saturated heterocycles. The number of fused-ring (bicyclic) bond motifs is 2. The Labute approximate surface area is 187 Å². The lowest BCUT2D eigenvalue weighted by atomic mass is 9.94. The fraction of sp³-hybridized carbons (Fsp3) is 0.0333. The summed E-state index contributed by atoms with van der Waals surface area (Å²) in [6.45, 7) is 0. The summed E-state index contributed by atoms with van der Waals surface area (Å²) in [5, 5.41) is 1.23. The van der Waals surface area contributed by atoms with Crippen molar-refractivity contribution in [1.29, 1.82) is 0 Å². The Morgan fingerprint density at radius 2 is 1.28 bits per heavy atom. The second kappa shape index (κ2) is 7.51. The van der Waals surface area contributed by atoms with Crippen molar-refractivity contribution in [3.63, 3.8) is 0 Å². The van der Waals surface area contributed by atoms with Crippen LogP contribution in [0.4, 0.5) is 5.69 Å². The molecule has 0 fully saturated rings. The molecule has 0 bridgehead atoms. The lowest BCUT2D eigenvalue weighted by Crippen LogP contribution is -2.09. The third-order valence-electron chi connectivity index (χ3n) is 6.29. The van der Waals surface area contributed by atoms with Crippen LogP contribution in [0, 0.1) is 0 Å². The lowest BCUT2D eigenvalue weighted by molar-refractivity contribution is -0.400. The summed E-state index contributed by atoms with van der Waals surface area (Å²) < 4.78 is 2.31. The van der Waals surface area contributed by atoms with Crippen LogP contribution in [0.15, 0.2) is 109 Å². The maximum atomic E-state index is 3.68. The number of para-hydroxylation sites is 2. The van der Waals surface area contributed by atoms with E-state index in [4.69, 9.17) is 0 Å². The van der Waals surface area contributed by atoms with Crippen molar-refractivity contribution in [2.75, 3.05) is 7.05 Å². The van der Waals surface area contributed by atoms with Gasteiger partial charge in [-0.25, -0.2) is 0 Å². The predicted octanol–water partition coefficient (Wildman–Crippen LogP) is 7.15. The molecule has 0 atom stereocenters. The Morgan fingerprint density at radius 3 is 2.06 bits per heavy atom. The molecular formula is C30H23N2+. The minimum atomic E-state index is 1.15. The summed E-state index contributed by atoms with van der Waals surface area (Å²) >= 11 is 0. The molecule has 0 amide bonds. The highest BCUT2D eigenvalue weighted by molar-refractivity contribution is 6.36. The highest BCUT2D eigenvalue weighted by Gasteiger charge is 2.33. The zero-order valence-corrected chi connectivity index (χ0v) is 17.9. The van der Waals surface area contributed by atoms with E-state index in [0.717, 1.165) is 11.2 Å². The number of aromatic nitrogens is 1. The van der Waals surface area contributed by atoms with Crippen molar-refractivity contribution < 1.29 is 4.58 Å². The number of nitrogens with one attached hydrogen (secondary N) is 1. The van der Waals surface area contributed by atoms with Crippen LogP contribution in [0.1, 0.15) is 16.7 Å². The smallest absolute Gasteiger partial charge is 0.220 e. The van der Waals surface area contributed by atoms with Gasteiger partial charge >= 0.3 is 0 Å². The van der Waals surface area contributed by atoms with Crippen molar-refractivity contribution in [2.45, 2.75) is 0 Å². The first-order valence-corrected chi connectivity index (χ1v) is 10.9. The molecule has 2 heteroatoms. The Balaban J connectivity index is 1.66. The Morgan fingerprint density at radius 1 is 0.656 bits per heavy atom. The summed E-state index contributed by atoms with van der Waals surface area (Å²) in [4.78, 5) is 3.68. The van der Waals surface area contributed by atoms with E-state index in [1.165, 1.54) is 44.6 Å². The van der Waals surface area contributed by atoms with Crippen LogP contribution in [0.5, 0.6) is 0 Å². The van der Waals surface area contributed by atoms with Crippen LogP contribution in [-0.4, -0.2) is 22.3 Å². The molecule has 1 aliphatic heterocycles. The van der Waals surface area contributed by atoms with Gasteiger partial charge in [-0.2, -0.15) is 4.58 Å². The maximum Gasteiger partial charge on any atom is 0.220 e. The van der Waals surface area contributed by atoms with Gasteiger partial charge in [-0.15, -0.1) is 0 Å². The van der Waals surface area contributed by atoms with E-state index >= 15 is 0 Å². The topological polar surface area (TPSA) is 18.8 Å². The van der Waals surface area contributed by atoms with E-state index in [1.54, 1.807) is 0 Å². The Kier molecular flexibility index (Phi) is 4.36. The van der Waals surface area contributed by atoms with Crippen molar-refractivity contribution >= 4 is 34.0 Å². The molecular weight excluding hydrogens is 388 g/mol. The first-order valence-electron chi connectivity index (χ1n) is 10.9. The largest absolute Gasteiger partial charge is 0.354 e. The van der Waals surface area contributed by atoms with Gasteiger partial charge in [-0.1, -0.05) is 78.9 Å². The van der Waals surface area contributed by atoms with Gasteiger partial charge in [0, 0.05) is 28.1 Å². The molecule has 32 heavy (non-hydrogen) atoms. The molecule has 0 radical (unpaired) electrons. The van der Waals surface area contributed by atoms with Crippen LogP contribution in [0.3, 0.4) is 0 Å². The fourth-order valence-electron chi connectivity index (χ4n) is 4.80. The average molecular weight is 412 g/mol. The van der Waals surface area contributed by atoms with E-state index in [2.05, 4.69) is 132 Å². The van der Waals surface area contributed by atoms with Gasteiger partial charge in [-0.3, -0.25) is 0 Å². The molecule has 1 N–H and O–H groups in total. The summed E-state index contributed by atoms with van der Waals surface area (Å²) in [6.07, 6.45) is 2.37. The van der Waals surface area contributed by atoms with Crippen LogP contribution >= 0.6 is 0 Å². The standard InChI is InChI=1S/C30H22N2/c1-32-28-19-11-9-17-24(28)26(30(32)22-14-6-3-7-15-22)20-25-23-16-8-10-18-27(23)31-29(25)21-12-4-2-5-13-21/h2-20H,1H3/p+1. The number of benzene rings is 4. The third-order valence-corrected chi connectivity index (χ3v) is 6.29. The minimum absolute atomic E-state index is 1.15. The van der Waals surface area contributed by atoms with Crippen molar-refractivity contribution in [1.82, 2.24) is 4.98 Å². The maximum absolute atomic E-state index is 3.68. The van der Waals surface area contributed by atoms with E-state index in [1.807, 2.05) is 0 Å². The lowest BCUT2D eigenvalue weighted by Gasteiger charge is -2.05. The SMILES string of the molecule is C[N+]1=C(c2ccccc2)C(=Cc2c(-c3ccccc3)[nH]c3ccccc23)c2ccccc21. The molecule has 1 aliphatic rings. The monoisotopic (exact) mass is 411 g/mol. The van der Waals surface area contributed by atoms with Crippen LogP contribution < -0.4 is 0 Å². The van der Waals surface area contributed by atoms with E-state index in [9.17, 15) is 0 Å². The molecule has 0 aliphatic carbocycles. The summed E-state index contributed by atoms with van der Waals surface area (Å²) in [6, 6.07) is 38.5. The number of aromatic amines is 1. The quantitative estimate of drug-likeness (QED) is 0.304. The van der Waals surface area contributed by atoms with Gasteiger partial charge in [0.25, 0.3) is 0 Å². The molecule has 0 unspecified atom stereocenters. The van der Waals surface area contributed by atoms with Crippen LogP contribution in [0.25, 0.3) is 33.8 Å². The van der Waals surface area contributed by atoms with Crippen LogP contribution in [-0.2, 0) is 0 Å². The Bertz CT molecular complexity index is 1500. The molecule has 1 aromatic heterocycles. The van der Waals surface area contributed by atoms with Crippen molar-refractivity contribution in [3.05, 3.63) is 126 Å². The molecule has 0 saturated carbocycles. The normalized spacial score (nSPS) is 14.3. The third kappa shape index (κ3) is 2.92.